The Morgan fingerprint density at radius 3 is 2.16 bits per heavy atom. The van der Waals surface area contributed by atoms with Crippen LogP contribution in [0.1, 0.15) is 57.8 Å². The number of aryl methyl sites for hydroxylation is 3. The zero-order chi connectivity index (χ0) is 22.7. The molecule has 0 unspecified atom stereocenters. The Bertz CT molecular complexity index is 1170. The van der Waals surface area contributed by atoms with Crippen LogP contribution in [-0.4, -0.2) is 10.5 Å². The molecule has 3 rings (SSSR count). The third-order valence-corrected chi connectivity index (χ3v) is 5.80. The van der Waals surface area contributed by atoms with Crippen LogP contribution in [0.2, 0.25) is 0 Å². The van der Waals surface area contributed by atoms with Gasteiger partial charge < -0.3 is 9.88 Å². The fourth-order valence-corrected chi connectivity index (χ4v) is 4.02. The van der Waals surface area contributed by atoms with E-state index >= 15 is 0 Å². The summed E-state index contributed by atoms with van der Waals surface area (Å²) < 4.78 is 16.6. The van der Waals surface area contributed by atoms with Gasteiger partial charge in [-0.1, -0.05) is 61.9 Å². The number of aromatic nitrogens is 1. The van der Waals surface area contributed by atoms with Gasteiger partial charge in [0, 0.05) is 17.9 Å². The minimum atomic E-state index is -0.886. The Morgan fingerprint density at radius 1 is 0.968 bits per heavy atom. The molecule has 0 radical (unpaired) electrons. The van der Waals surface area contributed by atoms with Crippen LogP contribution in [0.15, 0.2) is 47.3 Å². The van der Waals surface area contributed by atoms with E-state index in [0.29, 0.717) is 17.9 Å². The van der Waals surface area contributed by atoms with E-state index in [-0.39, 0.29) is 11.3 Å². The zero-order valence-corrected chi connectivity index (χ0v) is 18.8. The number of pyridine rings is 1. The third-order valence-electron chi connectivity index (χ3n) is 5.80. The summed E-state index contributed by atoms with van der Waals surface area (Å²) in [6.45, 7) is 9.66. The zero-order valence-electron chi connectivity index (χ0n) is 18.8. The van der Waals surface area contributed by atoms with E-state index < -0.39 is 17.2 Å². The van der Waals surface area contributed by atoms with Gasteiger partial charge in [-0.3, -0.25) is 9.59 Å². The van der Waals surface area contributed by atoms with Crippen LogP contribution in [0.25, 0.3) is 0 Å². The molecule has 4 nitrogen and oxygen atoms in total. The molecule has 0 fully saturated rings. The second-order valence-electron chi connectivity index (χ2n) is 7.88. The van der Waals surface area contributed by atoms with E-state index in [2.05, 4.69) is 5.32 Å². The first-order valence-corrected chi connectivity index (χ1v) is 10.7. The molecule has 0 spiro atoms. The number of carbonyl (C=O) groups excluding carboxylic acids is 1. The Balaban J connectivity index is 2.09. The molecular formula is C26H29FN2O2. The number of hydrogen-bond acceptors (Lipinski definition) is 2. The lowest BCUT2D eigenvalue weighted by Gasteiger charge is -2.20. The summed E-state index contributed by atoms with van der Waals surface area (Å²) in [5.41, 5.74) is 4.42. The normalized spacial score (nSPS) is 10.9. The molecule has 1 heterocycles. The van der Waals surface area contributed by atoms with Crippen molar-refractivity contribution < 1.29 is 9.18 Å². The van der Waals surface area contributed by atoms with Crippen LogP contribution in [0.3, 0.4) is 0 Å². The molecule has 0 atom stereocenters. The molecule has 1 aromatic heterocycles. The highest BCUT2D eigenvalue weighted by Crippen LogP contribution is 2.24. The van der Waals surface area contributed by atoms with Gasteiger partial charge in [0.15, 0.2) is 5.82 Å². The van der Waals surface area contributed by atoms with Gasteiger partial charge in [0.1, 0.15) is 5.56 Å². The predicted octanol–water partition coefficient (Wildman–Crippen LogP) is 5.34. The van der Waals surface area contributed by atoms with Crippen molar-refractivity contribution in [1.29, 1.82) is 0 Å². The molecule has 1 amide bonds. The van der Waals surface area contributed by atoms with Crippen LogP contribution >= 0.6 is 0 Å². The largest absolute Gasteiger partial charge is 0.341 e. The van der Waals surface area contributed by atoms with Crippen LogP contribution in [-0.2, 0) is 19.4 Å². The van der Waals surface area contributed by atoms with E-state index in [0.717, 1.165) is 35.1 Å². The van der Waals surface area contributed by atoms with Crippen molar-refractivity contribution in [2.45, 2.75) is 54.0 Å². The van der Waals surface area contributed by atoms with Crippen molar-refractivity contribution in [2.75, 3.05) is 5.32 Å². The van der Waals surface area contributed by atoms with E-state index in [1.807, 2.05) is 63.2 Å². The van der Waals surface area contributed by atoms with Crippen molar-refractivity contribution in [3.63, 3.8) is 0 Å². The van der Waals surface area contributed by atoms with Gasteiger partial charge in [-0.05, 0) is 50.3 Å². The average Bonchev–Trinajstić information content (AvgIpc) is 2.75. The van der Waals surface area contributed by atoms with Gasteiger partial charge in [-0.15, -0.1) is 0 Å². The number of anilines is 1. The number of rotatable bonds is 6. The summed E-state index contributed by atoms with van der Waals surface area (Å²) >= 11 is 0. The van der Waals surface area contributed by atoms with E-state index in [1.54, 1.807) is 18.4 Å². The summed E-state index contributed by atoms with van der Waals surface area (Å²) in [5, 5.41) is 2.91. The number of hydrogen-bond donors (Lipinski definition) is 1. The number of halogens is 1. The van der Waals surface area contributed by atoms with Crippen molar-refractivity contribution in [3.8, 4) is 0 Å². The van der Waals surface area contributed by atoms with Crippen LogP contribution in [0.5, 0.6) is 0 Å². The fraction of sp³-hybridized carbons (Fsp3) is 0.308. The SMILES string of the molecule is CCc1cccc(CC)c1NC(=O)c1c(C)n(Cc2cccc(C)c2)c(C)c(F)c1=O. The quantitative estimate of drug-likeness (QED) is 0.585. The molecule has 0 saturated heterocycles. The van der Waals surface area contributed by atoms with E-state index in [9.17, 15) is 14.0 Å². The van der Waals surface area contributed by atoms with Crippen molar-refractivity contribution in [3.05, 3.63) is 97.7 Å². The highest BCUT2D eigenvalue weighted by molar-refractivity contribution is 6.05. The second-order valence-corrected chi connectivity index (χ2v) is 7.88. The summed E-state index contributed by atoms with van der Waals surface area (Å²) in [4.78, 5) is 26.0. The molecule has 0 saturated carbocycles. The van der Waals surface area contributed by atoms with Gasteiger partial charge in [0.2, 0.25) is 5.43 Å². The number of para-hydroxylation sites is 1. The standard InChI is InChI=1S/C26H29FN2O2/c1-6-20-12-9-13-21(7-2)24(20)28-26(31)22-17(4)29(18(5)23(27)25(22)30)15-19-11-8-10-16(3)14-19/h8-14H,6-7,15H2,1-5H3,(H,28,31). The average molecular weight is 421 g/mol. The maximum absolute atomic E-state index is 14.9. The highest BCUT2D eigenvalue weighted by atomic mass is 19.1. The second kappa shape index (κ2) is 9.29. The minimum absolute atomic E-state index is 0.149. The van der Waals surface area contributed by atoms with E-state index in [4.69, 9.17) is 0 Å². The van der Waals surface area contributed by atoms with Crippen molar-refractivity contribution in [1.82, 2.24) is 4.57 Å². The van der Waals surface area contributed by atoms with Crippen LogP contribution < -0.4 is 10.7 Å². The predicted molar refractivity (Wildman–Crippen MR) is 124 cm³/mol. The molecule has 162 valence electrons. The molecule has 3 aromatic rings. The highest BCUT2D eigenvalue weighted by Gasteiger charge is 2.23. The van der Waals surface area contributed by atoms with Gasteiger partial charge in [0.25, 0.3) is 5.91 Å². The maximum Gasteiger partial charge on any atom is 0.261 e. The first-order valence-electron chi connectivity index (χ1n) is 10.7. The first kappa shape index (κ1) is 22.5. The van der Waals surface area contributed by atoms with Crippen LogP contribution in [0.4, 0.5) is 10.1 Å². The molecule has 0 aliphatic carbocycles. The Labute approximate surface area is 182 Å². The lowest BCUT2D eigenvalue weighted by molar-refractivity contribution is 0.102. The molecule has 5 heteroatoms. The first-order chi connectivity index (χ1) is 14.8. The molecule has 1 N–H and O–H groups in total. The molecule has 0 aliphatic heterocycles. The number of carbonyl (C=O) groups is 1. The van der Waals surface area contributed by atoms with Gasteiger partial charge in [-0.2, -0.15) is 0 Å². The maximum atomic E-state index is 14.9. The monoisotopic (exact) mass is 420 g/mol. The summed E-state index contributed by atoms with van der Waals surface area (Å²) in [6, 6.07) is 13.8. The van der Waals surface area contributed by atoms with Crippen molar-refractivity contribution >= 4 is 11.6 Å². The summed E-state index contributed by atoms with van der Waals surface area (Å²) in [6.07, 6.45) is 1.48. The lowest BCUT2D eigenvalue weighted by Crippen LogP contribution is -2.30. The van der Waals surface area contributed by atoms with Gasteiger partial charge in [-0.25, -0.2) is 4.39 Å². The number of benzene rings is 2. The summed E-state index contributed by atoms with van der Waals surface area (Å²) in [7, 11) is 0. The van der Waals surface area contributed by atoms with Crippen molar-refractivity contribution in [2.24, 2.45) is 0 Å². The smallest absolute Gasteiger partial charge is 0.261 e. The number of amides is 1. The number of nitrogens with one attached hydrogen (secondary N) is 1. The van der Waals surface area contributed by atoms with Gasteiger partial charge in [0.05, 0.1) is 5.69 Å². The molecular weight excluding hydrogens is 391 g/mol. The molecule has 2 aromatic carbocycles. The van der Waals surface area contributed by atoms with Crippen LogP contribution in [0, 0.1) is 26.6 Å². The molecule has 0 bridgehead atoms. The van der Waals surface area contributed by atoms with Gasteiger partial charge >= 0.3 is 0 Å². The Hall–Kier alpha value is -3.21. The number of nitrogens with zero attached hydrogens (tertiary/aromatic N) is 1. The topological polar surface area (TPSA) is 51.1 Å². The third kappa shape index (κ3) is 4.46. The molecule has 31 heavy (non-hydrogen) atoms. The lowest BCUT2D eigenvalue weighted by atomic mass is 10.0. The Morgan fingerprint density at radius 2 is 1.58 bits per heavy atom. The minimum Gasteiger partial charge on any atom is -0.341 e. The van der Waals surface area contributed by atoms with E-state index in [1.165, 1.54) is 0 Å². The molecule has 0 aliphatic rings. The fourth-order valence-electron chi connectivity index (χ4n) is 4.02. The Kier molecular flexibility index (Phi) is 6.74. The summed E-state index contributed by atoms with van der Waals surface area (Å²) in [5.74, 6) is -1.46.